The van der Waals surface area contributed by atoms with Crippen molar-refractivity contribution in [2.24, 2.45) is 0 Å². The Morgan fingerprint density at radius 1 is 1.24 bits per heavy atom. The lowest BCUT2D eigenvalue weighted by molar-refractivity contribution is -0.133. The molecule has 0 radical (unpaired) electrons. The Kier molecular flexibility index (Phi) is 5.81. The Morgan fingerprint density at radius 3 is 2.79 bits per heavy atom. The molecule has 2 amide bonds. The van der Waals surface area contributed by atoms with Gasteiger partial charge in [-0.2, -0.15) is 0 Å². The Labute approximate surface area is 199 Å². The minimum atomic E-state index is -1.07. The number of rotatable bonds is 6. The van der Waals surface area contributed by atoms with Crippen molar-refractivity contribution in [1.29, 1.82) is 0 Å². The normalized spacial score (nSPS) is 22.1. The molecule has 7 nitrogen and oxygen atoms in total. The molecule has 0 aliphatic carbocycles. The molecule has 2 atom stereocenters. The Morgan fingerprint density at radius 2 is 2.06 bits per heavy atom. The van der Waals surface area contributed by atoms with Gasteiger partial charge in [0.2, 0.25) is 5.91 Å². The van der Waals surface area contributed by atoms with E-state index < -0.39 is 5.54 Å². The molecule has 2 aliphatic rings. The summed E-state index contributed by atoms with van der Waals surface area (Å²) in [5.41, 5.74) is 2.52. The van der Waals surface area contributed by atoms with Crippen LogP contribution in [0, 0.1) is 6.92 Å². The lowest BCUT2D eigenvalue weighted by atomic mass is 9.93. The molecule has 2 aliphatic heterocycles. The third-order valence-corrected chi connectivity index (χ3v) is 7.23. The minimum absolute atomic E-state index is 0.0314. The van der Waals surface area contributed by atoms with Crippen molar-refractivity contribution in [2.45, 2.75) is 51.4 Å². The molecule has 0 bridgehead atoms. The zero-order valence-electron chi connectivity index (χ0n) is 20.0. The van der Waals surface area contributed by atoms with Crippen molar-refractivity contribution < 1.29 is 19.1 Å². The molecule has 0 unspecified atom stereocenters. The Hall–Kier alpha value is -3.32. The van der Waals surface area contributed by atoms with Gasteiger partial charge in [-0.15, -0.1) is 0 Å². The van der Waals surface area contributed by atoms with Crippen molar-refractivity contribution >= 4 is 22.7 Å². The third-order valence-electron chi connectivity index (χ3n) is 7.23. The van der Waals surface area contributed by atoms with Crippen LogP contribution in [0.15, 0.2) is 48.5 Å². The number of fused-ring (bicyclic) bond motifs is 3. The van der Waals surface area contributed by atoms with Gasteiger partial charge in [0.1, 0.15) is 17.0 Å². The molecule has 1 fully saturated rings. The highest BCUT2D eigenvalue weighted by Gasteiger charge is 2.47. The largest absolute Gasteiger partial charge is 0.497 e. The number of aryl methyl sites for hydroxylation is 1. The van der Waals surface area contributed by atoms with E-state index in [1.54, 1.807) is 12.0 Å². The predicted octanol–water partition coefficient (Wildman–Crippen LogP) is 3.67. The van der Waals surface area contributed by atoms with E-state index in [1.807, 2.05) is 66.9 Å². The van der Waals surface area contributed by atoms with E-state index in [0.29, 0.717) is 31.1 Å². The van der Waals surface area contributed by atoms with E-state index >= 15 is 0 Å². The summed E-state index contributed by atoms with van der Waals surface area (Å²) in [4.78, 5) is 29.3. The average Bonchev–Trinajstić information content (AvgIpc) is 3.49. The second-order valence-electron chi connectivity index (χ2n) is 9.48. The first-order valence-corrected chi connectivity index (χ1v) is 11.8. The van der Waals surface area contributed by atoms with Gasteiger partial charge in [0.05, 0.1) is 25.3 Å². The summed E-state index contributed by atoms with van der Waals surface area (Å²) in [6.45, 7) is 5.79. The minimum Gasteiger partial charge on any atom is -0.497 e. The first kappa shape index (κ1) is 22.5. The van der Waals surface area contributed by atoms with E-state index in [-0.39, 0.29) is 17.9 Å². The molecule has 0 spiro atoms. The van der Waals surface area contributed by atoms with Crippen molar-refractivity contribution in [1.82, 2.24) is 14.8 Å². The van der Waals surface area contributed by atoms with E-state index in [9.17, 15) is 9.59 Å². The van der Waals surface area contributed by atoms with E-state index in [4.69, 9.17) is 9.47 Å². The quantitative estimate of drug-likeness (QED) is 0.608. The lowest BCUT2D eigenvalue weighted by Crippen LogP contribution is -2.64. The molecule has 1 N–H and O–H groups in total. The summed E-state index contributed by atoms with van der Waals surface area (Å²) in [6.07, 6.45) is 1.98. The number of hydrogen-bond donors (Lipinski definition) is 1. The number of aromatic nitrogens is 1. The maximum Gasteiger partial charge on any atom is 0.271 e. The number of hydrogen-bond acceptors (Lipinski definition) is 4. The zero-order valence-corrected chi connectivity index (χ0v) is 20.0. The van der Waals surface area contributed by atoms with Crippen LogP contribution in [0.5, 0.6) is 5.75 Å². The van der Waals surface area contributed by atoms with Gasteiger partial charge in [-0.1, -0.05) is 24.3 Å². The second-order valence-corrected chi connectivity index (χ2v) is 9.48. The monoisotopic (exact) mass is 461 g/mol. The van der Waals surface area contributed by atoms with Gasteiger partial charge in [-0.25, -0.2) is 0 Å². The summed E-state index contributed by atoms with van der Waals surface area (Å²) < 4.78 is 13.1. The van der Waals surface area contributed by atoms with Crippen molar-refractivity contribution in [3.8, 4) is 5.75 Å². The SMILES string of the molecule is COc1ccc2cc3n(c2c1)C[C@@](C)(C(=O)NC[C@H]1CCCO1)N(Cc1ccccc1C)C3=O. The first-order chi connectivity index (χ1) is 16.4. The van der Waals surface area contributed by atoms with Crippen LogP contribution in [0.1, 0.15) is 41.4 Å². The number of amides is 2. The zero-order chi connectivity index (χ0) is 23.9. The number of carbonyl (C=O) groups is 2. The number of nitrogens with zero attached hydrogens (tertiary/aromatic N) is 2. The van der Waals surface area contributed by atoms with Crippen LogP contribution >= 0.6 is 0 Å². The van der Waals surface area contributed by atoms with Crippen molar-refractivity contribution in [3.63, 3.8) is 0 Å². The number of methoxy groups -OCH3 is 1. The van der Waals surface area contributed by atoms with Crippen LogP contribution in [-0.4, -0.2) is 53.2 Å². The molecule has 1 saturated heterocycles. The van der Waals surface area contributed by atoms with Crippen LogP contribution in [0.2, 0.25) is 0 Å². The van der Waals surface area contributed by atoms with Crippen LogP contribution < -0.4 is 10.1 Å². The summed E-state index contributed by atoms with van der Waals surface area (Å²) in [6, 6.07) is 15.7. The van der Waals surface area contributed by atoms with Crippen molar-refractivity contribution in [2.75, 3.05) is 20.3 Å². The number of carbonyl (C=O) groups excluding carboxylic acids is 2. The molecule has 7 heteroatoms. The molecule has 3 heterocycles. The highest BCUT2D eigenvalue weighted by atomic mass is 16.5. The van der Waals surface area contributed by atoms with Gasteiger partial charge >= 0.3 is 0 Å². The molecule has 2 aromatic carbocycles. The topological polar surface area (TPSA) is 72.8 Å². The van der Waals surface area contributed by atoms with Gasteiger partial charge in [-0.05, 0) is 56.0 Å². The van der Waals surface area contributed by atoms with Crippen LogP contribution in [0.25, 0.3) is 10.9 Å². The molecular weight excluding hydrogens is 430 g/mol. The summed E-state index contributed by atoms with van der Waals surface area (Å²) in [5, 5.41) is 4.03. The third kappa shape index (κ3) is 3.84. The smallest absolute Gasteiger partial charge is 0.271 e. The molecule has 0 saturated carbocycles. The summed E-state index contributed by atoms with van der Waals surface area (Å²) >= 11 is 0. The Bertz CT molecular complexity index is 1240. The highest BCUT2D eigenvalue weighted by molar-refractivity contribution is 6.03. The van der Waals surface area contributed by atoms with Crippen LogP contribution in [-0.2, 0) is 22.6 Å². The van der Waals surface area contributed by atoms with E-state index in [2.05, 4.69) is 5.32 Å². The lowest BCUT2D eigenvalue weighted by Gasteiger charge is -2.44. The first-order valence-electron chi connectivity index (χ1n) is 11.8. The van der Waals surface area contributed by atoms with Crippen molar-refractivity contribution in [3.05, 3.63) is 65.4 Å². The van der Waals surface area contributed by atoms with Crippen LogP contribution in [0.3, 0.4) is 0 Å². The number of benzene rings is 2. The highest BCUT2D eigenvalue weighted by Crippen LogP contribution is 2.35. The van der Waals surface area contributed by atoms with Gasteiger partial charge < -0.3 is 24.3 Å². The Balaban J connectivity index is 1.55. The van der Waals surface area contributed by atoms with Gasteiger partial charge in [0, 0.05) is 31.1 Å². The predicted molar refractivity (Wildman–Crippen MR) is 130 cm³/mol. The maximum absolute atomic E-state index is 13.9. The number of ether oxygens (including phenoxy) is 2. The number of nitrogens with one attached hydrogen (secondary N) is 1. The van der Waals surface area contributed by atoms with E-state index in [1.165, 1.54) is 0 Å². The summed E-state index contributed by atoms with van der Waals surface area (Å²) in [7, 11) is 1.62. The fraction of sp³-hybridized carbons (Fsp3) is 0.407. The maximum atomic E-state index is 13.9. The molecule has 178 valence electrons. The summed E-state index contributed by atoms with van der Waals surface area (Å²) in [5.74, 6) is 0.396. The van der Waals surface area contributed by atoms with Gasteiger partial charge in [0.15, 0.2) is 0 Å². The molecule has 1 aromatic heterocycles. The van der Waals surface area contributed by atoms with Crippen LogP contribution in [0.4, 0.5) is 0 Å². The molecule has 5 rings (SSSR count). The molecular formula is C27H31N3O4. The fourth-order valence-electron chi connectivity index (χ4n) is 5.07. The standard InChI is InChI=1S/C27H31N3O4/c1-18-7-4-5-8-20(18)16-30-25(31)24-13-19-10-11-21(33-3)14-23(19)29(24)17-27(30,2)26(32)28-15-22-9-6-12-34-22/h4-5,7-8,10-11,13-14,22H,6,9,12,15-17H2,1-3H3,(H,28,32)/t22-,27+/m1/s1. The molecule has 34 heavy (non-hydrogen) atoms. The average molecular weight is 462 g/mol. The molecule has 3 aromatic rings. The van der Waals surface area contributed by atoms with Gasteiger partial charge in [0.25, 0.3) is 5.91 Å². The fourth-order valence-corrected chi connectivity index (χ4v) is 5.07. The van der Waals surface area contributed by atoms with Gasteiger partial charge in [-0.3, -0.25) is 9.59 Å². The van der Waals surface area contributed by atoms with E-state index in [0.717, 1.165) is 41.5 Å². The second kappa shape index (κ2) is 8.80.